The van der Waals surface area contributed by atoms with Crippen molar-refractivity contribution in [3.05, 3.63) is 28.8 Å². The van der Waals surface area contributed by atoms with Crippen molar-refractivity contribution in [3.8, 4) is 0 Å². The van der Waals surface area contributed by atoms with Gasteiger partial charge < -0.3 is 16.0 Å². The molecule has 0 spiro atoms. The predicted octanol–water partition coefficient (Wildman–Crippen LogP) is 2.74. The molecule has 0 saturated heterocycles. The molecule has 1 aromatic heterocycles. The smallest absolute Gasteiger partial charge is 0.243 e. The van der Waals surface area contributed by atoms with Gasteiger partial charge in [-0.05, 0) is 38.8 Å². The summed E-state index contributed by atoms with van der Waals surface area (Å²) >= 11 is 2.70. The van der Waals surface area contributed by atoms with Crippen LogP contribution in [-0.4, -0.2) is 40.9 Å². The van der Waals surface area contributed by atoms with Gasteiger partial charge in [0.15, 0.2) is 4.34 Å². The Hall–Kier alpha value is -2.13. The van der Waals surface area contributed by atoms with Gasteiger partial charge in [-0.3, -0.25) is 9.59 Å². The lowest BCUT2D eigenvalue weighted by atomic mass is 10.1. The molecule has 0 atom stereocenters. The topological polar surface area (TPSA) is 96.0 Å². The molecule has 26 heavy (non-hydrogen) atoms. The summed E-state index contributed by atoms with van der Waals surface area (Å²) in [4.78, 5) is 24.0. The van der Waals surface area contributed by atoms with Crippen molar-refractivity contribution < 1.29 is 9.59 Å². The van der Waals surface area contributed by atoms with Crippen LogP contribution >= 0.6 is 23.1 Å². The van der Waals surface area contributed by atoms with E-state index in [9.17, 15) is 9.59 Å². The van der Waals surface area contributed by atoms with E-state index in [0.29, 0.717) is 4.34 Å². The summed E-state index contributed by atoms with van der Waals surface area (Å²) in [5.41, 5.74) is 3.96. The number of hydrogen-bond donors (Lipinski definition) is 3. The summed E-state index contributed by atoms with van der Waals surface area (Å²) in [6.45, 7) is 8.61. The highest BCUT2D eigenvalue weighted by atomic mass is 32.2. The molecule has 2 aromatic rings. The summed E-state index contributed by atoms with van der Waals surface area (Å²) < 4.78 is 0.714. The molecule has 0 unspecified atom stereocenters. The lowest BCUT2D eigenvalue weighted by molar-refractivity contribution is -0.122. The Morgan fingerprint density at radius 1 is 1.12 bits per heavy atom. The SMILES string of the molecule is CCNc1nnc(SCC(=O)NCC(=O)Nc2c(C)cc(C)cc2C)s1. The molecule has 0 bridgehead atoms. The molecule has 0 aliphatic carbocycles. The van der Waals surface area contributed by atoms with Gasteiger partial charge in [-0.2, -0.15) is 0 Å². The molecule has 0 saturated carbocycles. The number of rotatable bonds is 8. The van der Waals surface area contributed by atoms with E-state index in [2.05, 4.69) is 26.1 Å². The van der Waals surface area contributed by atoms with Crippen molar-refractivity contribution in [3.63, 3.8) is 0 Å². The summed E-state index contributed by atoms with van der Waals surface area (Å²) in [5.74, 6) is -0.275. The van der Waals surface area contributed by atoms with Crippen LogP contribution in [0, 0.1) is 20.8 Å². The van der Waals surface area contributed by atoms with Gasteiger partial charge in [0.1, 0.15) is 0 Å². The number of nitrogens with zero attached hydrogens (tertiary/aromatic N) is 2. The third kappa shape index (κ3) is 5.99. The molecule has 0 aliphatic rings. The minimum absolute atomic E-state index is 0.0646. The number of aromatic nitrogens is 2. The number of anilines is 2. The van der Waals surface area contributed by atoms with Crippen molar-refractivity contribution in [1.82, 2.24) is 15.5 Å². The number of amides is 2. The van der Waals surface area contributed by atoms with E-state index in [4.69, 9.17) is 0 Å². The summed E-state index contributed by atoms with van der Waals surface area (Å²) in [6, 6.07) is 4.03. The summed E-state index contributed by atoms with van der Waals surface area (Å²) in [7, 11) is 0. The van der Waals surface area contributed by atoms with Crippen molar-refractivity contribution in [2.75, 3.05) is 29.5 Å². The van der Waals surface area contributed by atoms with Crippen LogP contribution < -0.4 is 16.0 Å². The lowest BCUT2D eigenvalue weighted by Gasteiger charge is -2.13. The van der Waals surface area contributed by atoms with Crippen molar-refractivity contribution in [2.24, 2.45) is 0 Å². The van der Waals surface area contributed by atoms with Gasteiger partial charge in [-0.15, -0.1) is 10.2 Å². The van der Waals surface area contributed by atoms with Crippen molar-refractivity contribution in [2.45, 2.75) is 32.0 Å². The highest BCUT2D eigenvalue weighted by Crippen LogP contribution is 2.25. The first kappa shape index (κ1) is 20.2. The summed E-state index contributed by atoms with van der Waals surface area (Å²) in [6.07, 6.45) is 0. The Kier molecular flexibility index (Phi) is 7.40. The van der Waals surface area contributed by atoms with Gasteiger partial charge in [-0.25, -0.2) is 0 Å². The van der Waals surface area contributed by atoms with Gasteiger partial charge >= 0.3 is 0 Å². The predicted molar refractivity (Wildman–Crippen MR) is 107 cm³/mol. The maximum atomic E-state index is 12.1. The third-order valence-corrected chi connectivity index (χ3v) is 5.46. The van der Waals surface area contributed by atoms with Crippen LogP contribution in [-0.2, 0) is 9.59 Å². The number of carbonyl (C=O) groups excluding carboxylic acids is 2. The molecule has 0 fully saturated rings. The summed E-state index contributed by atoms with van der Waals surface area (Å²) in [5, 5.41) is 17.3. The minimum Gasteiger partial charge on any atom is -0.360 e. The standard InChI is InChI=1S/C17H23N5O2S2/c1-5-18-16-21-22-17(26-16)25-9-14(24)19-8-13(23)20-15-11(3)6-10(2)7-12(15)4/h6-7H,5,8-9H2,1-4H3,(H,18,21)(H,19,24)(H,20,23). The van der Waals surface area contributed by atoms with Gasteiger partial charge in [0.05, 0.1) is 12.3 Å². The van der Waals surface area contributed by atoms with E-state index in [1.807, 2.05) is 39.8 Å². The van der Waals surface area contributed by atoms with E-state index in [1.165, 1.54) is 23.1 Å². The first-order valence-corrected chi connectivity index (χ1v) is 10.0. The molecular weight excluding hydrogens is 370 g/mol. The number of hydrogen-bond acceptors (Lipinski definition) is 7. The van der Waals surface area contributed by atoms with Crippen LogP contribution in [0.3, 0.4) is 0 Å². The van der Waals surface area contributed by atoms with Crippen LogP contribution in [0.2, 0.25) is 0 Å². The lowest BCUT2D eigenvalue weighted by Crippen LogP contribution is -2.34. The average molecular weight is 394 g/mol. The number of nitrogens with one attached hydrogen (secondary N) is 3. The molecule has 9 heteroatoms. The molecule has 0 aliphatic heterocycles. The Labute approximate surface area is 161 Å². The first-order valence-electron chi connectivity index (χ1n) is 8.23. The van der Waals surface area contributed by atoms with E-state index in [0.717, 1.165) is 34.1 Å². The Morgan fingerprint density at radius 3 is 2.46 bits per heavy atom. The van der Waals surface area contributed by atoms with Crippen molar-refractivity contribution in [1.29, 1.82) is 0 Å². The average Bonchev–Trinajstić information content (AvgIpc) is 3.02. The van der Waals surface area contributed by atoms with E-state index >= 15 is 0 Å². The highest BCUT2D eigenvalue weighted by Gasteiger charge is 2.11. The van der Waals surface area contributed by atoms with E-state index in [1.54, 1.807) is 0 Å². The third-order valence-electron chi connectivity index (χ3n) is 3.45. The molecule has 1 heterocycles. The minimum atomic E-state index is -0.247. The Balaban J connectivity index is 1.77. The quantitative estimate of drug-likeness (QED) is 0.597. The molecule has 1 aromatic carbocycles. The van der Waals surface area contributed by atoms with Crippen LogP contribution in [0.1, 0.15) is 23.6 Å². The molecular formula is C17H23N5O2S2. The molecule has 7 nitrogen and oxygen atoms in total. The fraction of sp³-hybridized carbons (Fsp3) is 0.412. The number of benzene rings is 1. The van der Waals surface area contributed by atoms with Crippen LogP contribution in [0.4, 0.5) is 10.8 Å². The first-order chi connectivity index (χ1) is 12.4. The van der Waals surface area contributed by atoms with Gasteiger partial charge in [0.2, 0.25) is 16.9 Å². The fourth-order valence-electron chi connectivity index (χ4n) is 2.41. The second kappa shape index (κ2) is 9.54. The second-order valence-electron chi connectivity index (χ2n) is 5.79. The fourth-order valence-corrected chi connectivity index (χ4v) is 4.06. The Bertz CT molecular complexity index is 768. The zero-order chi connectivity index (χ0) is 19.1. The monoisotopic (exact) mass is 393 g/mol. The van der Waals surface area contributed by atoms with Crippen LogP contribution in [0.15, 0.2) is 16.5 Å². The van der Waals surface area contributed by atoms with Crippen LogP contribution in [0.5, 0.6) is 0 Å². The molecule has 3 N–H and O–H groups in total. The van der Waals surface area contributed by atoms with Crippen LogP contribution in [0.25, 0.3) is 0 Å². The van der Waals surface area contributed by atoms with E-state index < -0.39 is 0 Å². The number of aryl methyl sites for hydroxylation is 3. The number of carbonyl (C=O) groups is 2. The normalized spacial score (nSPS) is 10.5. The second-order valence-corrected chi connectivity index (χ2v) is 7.99. The van der Waals surface area contributed by atoms with Gasteiger partial charge in [0, 0.05) is 12.2 Å². The van der Waals surface area contributed by atoms with Crippen molar-refractivity contribution >= 4 is 45.7 Å². The van der Waals surface area contributed by atoms with Gasteiger partial charge in [0.25, 0.3) is 0 Å². The molecule has 2 amide bonds. The number of thioether (sulfide) groups is 1. The molecule has 140 valence electrons. The highest BCUT2D eigenvalue weighted by molar-refractivity contribution is 8.01. The van der Waals surface area contributed by atoms with E-state index in [-0.39, 0.29) is 24.1 Å². The zero-order valence-electron chi connectivity index (χ0n) is 15.3. The maximum absolute atomic E-state index is 12.1. The molecule has 0 radical (unpaired) electrons. The largest absolute Gasteiger partial charge is 0.360 e. The zero-order valence-corrected chi connectivity index (χ0v) is 16.9. The Morgan fingerprint density at radius 2 is 1.81 bits per heavy atom. The van der Waals surface area contributed by atoms with Gasteiger partial charge in [-0.1, -0.05) is 40.8 Å². The molecule has 2 rings (SSSR count). The maximum Gasteiger partial charge on any atom is 0.243 e.